The van der Waals surface area contributed by atoms with E-state index in [9.17, 15) is 10.1 Å². The molecule has 1 aliphatic heterocycles. The normalized spacial score (nSPS) is 16.2. The molecule has 5 nitrogen and oxygen atoms in total. The van der Waals surface area contributed by atoms with Crippen LogP contribution in [0.4, 0.5) is 0 Å². The van der Waals surface area contributed by atoms with Gasteiger partial charge in [-0.3, -0.25) is 10.1 Å². The van der Waals surface area contributed by atoms with E-state index in [2.05, 4.69) is 10.1 Å². The Kier molecular flexibility index (Phi) is 1.03. The molecular formula is C3H3N2O3. The van der Waals surface area contributed by atoms with Gasteiger partial charge >= 0.3 is 5.88 Å². The van der Waals surface area contributed by atoms with Crippen molar-refractivity contribution >= 4 is 0 Å². The second kappa shape index (κ2) is 1.69. The molecule has 0 saturated carbocycles. The molecule has 0 fully saturated rings. The molecule has 0 bridgehead atoms. The Morgan fingerprint density at radius 2 is 2.75 bits per heavy atom. The van der Waals surface area contributed by atoms with Crippen LogP contribution in [0.3, 0.4) is 0 Å². The van der Waals surface area contributed by atoms with E-state index in [0.29, 0.717) is 0 Å². The number of hydrogen-bond acceptors (Lipinski definition) is 3. The predicted molar refractivity (Wildman–Crippen MR) is 23.2 cm³/mol. The van der Waals surface area contributed by atoms with Crippen LogP contribution >= 0.6 is 0 Å². The molecule has 1 aliphatic rings. The first-order valence-electron chi connectivity index (χ1n) is 1.94. The van der Waals surface area contributed by atoms with Gasteiger partial charge in [0.15, 0.2) is 6.73 Å². The Bertz CT molecular complexity index is 141. The summed E-state index contributed by atoms with van der Waals surface area (Å²) in [5.41, 5.74) is 0. The first-order valence-corrected chi connectivity index (χ1v) is 1.94. The fourth-order valence-corrected chi connectivity index (χ4v) is 0.356. The average Bonchev–Trinajstić information content (AvgIpc) is 2.12. The Labute approximate surface area is 45.1 Å². The van der Waals surface area contributed by atoms with Crippen molar-refractivity contribution in [2.24, 2.45) is 0 Å². The summed E-state index contributed by atoms with van der Waals surface area (Å²) in [6.07, 6.45) is 1.10. The molecule has 0 unspecified atom stereocenters. The molecule has 1 rings (SSSR count). The van der Waals surface area contributed by atoms with Gasteiger partial charge in [-0.1, -0.05) is 0 Å². The smallest absolute Gasteiger partial charge is 0.416 e. The van der Waals surface area contributed by atoms with E-state index >= 15 is 0 Å². The maximum Gasteiger partial charge on any atom is 0.448 e. The predicted octanol–water partition coefficient (Wildman–Crippen LogP) is -0.346. The van der Waals surface area contributed by atoms with Crippen molar-refractivity contribution in [1.29, 1.82) is 0 Å². The summed E-state index contributed by atoms with van der Waals surface area (Å²) in [7, 11) is 0. The summed E-state index contributed by atoms with van der Waals surface area (Å²) in [5.74, 6) is -0.273. The van der Waals surface area contributed by atoms with E-state index in [1.807, 2.05) is 0 Å². The first-order chi connectivity index (χ1) is 3.80. The van der Waals surface area contributed by atoms with E-state index in [-0.39, 0.29) is 12.6 Å². The Morgan fingerprint density at radius 3 is 3.00 bits per heavy atom. The maximum atomic E-state index is 9.75. The fraction of sp³-hybridized carbons (Fsp3) is 0.333. The third-order valence-corrected chi connectivity index (χ3v) is 0.669. The quantitative estimate of drug-likeness (QED) is 0.346. The lowest BCUT2D eigenvalue weighted by molar-refractivity contribution is -0.460. The highest BCUT2D eigenvalue weighted by Crippen LogP contribution is 2.01. The average molecular weight is 115 g/mol. The molecular weight excluding hydrogens is 112 g/mol. The van der Waals surface area contributed by atoms with Gasteiger partial charge in [0.25, 0.3) is 0 Å². The largest absolute Gasteiger partial charge is 0.448 e. The third kappa shape index (κ3) is 0.699. The van der Waals surface area contributed by atoms with Crippen molar-refractivity contribution in [2.45, 2.75) is 0 Å². The topological polar surface area (TPSA) is 66.5 Å². The lowest BCUT2D eigenvalue weighted by atomic mass is 10.9. The molecule has 43 valence electrons. The highest BCUT2D eigenvalue weighted by atomic mass is 16.7. The standard InChI is InChI=1S/C3H3N2O3/c6-5(7)3-1-4-2-8-3/h1H,2H2. The SMILES string of the molecule is O=[N+]([O-])C1=C[N]CO1. The Balaban J connectivity index is 2.57. The van der Waals surface area contributed by atoms with E-state index in [1.165, 1.54) is 0 Å². The molecule has 8 heavy (non-hydrogen) atoms. The zero-order chi connectivity index (χ0) is 5.98. The van der Waals surface area contributed by atoms with Gasteiger partial charge in [0, 0.05) is 0 Å². The van der Waals surface area contributed by atoms with Crippen LogP contribution in [0.5, 0.6) is 0 Å². The second-order valence-corrected chi connectivity index (χ2v) is 1.18. The van der Waals surface area contributed by atoms with Crippen LogP contribution in [0.15, 0.2) is 12.1 Å². The summed E-state index contributed by atoms with van der Waals surface area (Å²) >= 11 is 0. The molecule has 5 heteroatoms. The van der Waals surface area contributed by atoms with Crippen LogP contribution < -0.4 is 5.32 Å². The van der Waals surface area contributed by atoms with Crippen molar-refractivity contribution in [3.8, 4) is 0 Å². The molecule has 0 N–H and O–H groups in total. The minimum atomic E-state index is -0.615. The van der Waals surface area contributed by atoms with Crippen LogP contribution in [-0.4, -0.2) is 11.7 Å². The molecule has 1 heterocycles. The monoisotopic (exact) mass is 115 g/mol. The van der Waals surface area contributed by atoms with Crippen LogP contribution in [0.25, 0.3) is 0 Å². The maximum absolute atomic E-state index is 9.75. The van der Waals surface area contributed by atoms with Crippen molar-refractivity contribution < 1.29 is 9.66 Å². The number of nitrogens with zero attached hydrogens (tertiary/aromatic N) is 2. The van der Waals surface area contributed by atoms with Crippen molar-refractivity contribution in [3.05, 3.63) is 22.2 Å². The Hall–Kier alpha value is -1.26. The summed E-state index contributed by atoms with van der Waals surface area (Å²) in [5, 5.41) is 13.2. The summed E-state index contributed by atoms with van der Waals surface area (Å²) in [6.45, 7) is 0.0797. The van der Waals surface area contributed by atoms with Gasteiger partial charge in [-0.2, -0.15) is 0 Å². The van der Waals surface area contributed by atoms with Gasteiger partial charge in [0.1, 0.15) is 11.1 Å². The minimum Gasteiger partial charge on any atom is -0.416 e. The van der Waals surface area contributed by atoms with Gasteiger partial charge in [-0.15, -0.1) is 0 Å². The summed E-state index contributed by atoms with van der Waals surface area (Å²) in [4.78, 5) is 9.14. The molecule has 0 atom stereocenters. The highest BCUT2D eigenvalue weighted by molar-refractivity contribution is 4.83. The van der Waals surface area contributed by atoms with Gasteiger partial charge in [-0.05, 0) is 0 Å². The van der Waals surface area contributed by atoms with E-state index in [0.717, 1.165) is 6.20 Å². The summed E-state index contributed by atoms with van der Waals surface area (Å²) < 4.78 is 4.41. The minimum absolute atomic E-state index is 0.0797. The molecule has 0 saturated heterocycles. The van der Waals surface area contributed by atoms with Gasteiger partial charge < -0.3 is 4.74 Å². The first kappa shape index (κ1) is 4.89. The van der Waals surface area contributed by atoms with Crippen LogP contribution in [-0.2, 0) is 4.74 Å². The number of ether oxygens (including phenoxy) is 1. The zero-order valence-electron chi connectivity index (χ0n) is 3.90. The lowest BCUT2D eigenvalue weighted by Crippen LogP contribution is -1.98. The van der Waals surface area contributed by atoms with Crippen molar-refractivity contribution in [3.63, 3.8) is 0 Å². The fourth-order valence-electron chi connectivity index (χ4n) is 0.356. The summed E-state index contributed by atoms with van der Waals surface area (Å²) in [6, 6.07) is 0. The molecule has 1 radical (unpaired) electrons. The van der Waals surface area contributed by atoms with Gasteiger partial charge in [0.2, 0.25) is 0 Å². The zero-order valence-corrected chi connectivity index (χ0v) is 3.90. The molecule has 0 aromatic heterocycles. The molecule has 0 aliphatic carbocycles. The number of nitro groups is 1. The number of hydrogen-bond donors (Lipinski definition) is 0. The molecule has 0 amide bonds. The van der Waals surface area contributed by atoms with E-state index in [1.54, 1.807) is 0 Å². The van der Waals surface area contributed by atoms with E-state index < -0.39 is 4.92 Å². The Morgan fingerprint density at radius 1 is 2.00 bits per heavy atom. The molecule has 0 aromatic rings. The van der Waals surface area contributed by atoms with Crippen molar-refractivity contribution in [1.82, 2.24) is 5.32 Å². The van der Waals surface area contributed by atoms with Crippen molar-refractivity contribution in [2.75, 3.05) is 6.73 Å². The lowest BCUT2D eigenvalue weighted by Gasteiger charge is -1.86. The van der Waals surface area contributed by atoms with E-state index in [4.69, 9.17) is 0 Å². The van der Waals surface area contributed by atoms with Crippen LogP contribution in [0.2, 0.25) is 0 Å². The van der Waals surface area contributed by atoms with Crippen LogP contribution in [0.1, 0.15) is 0 Å². The third-order valence-electron chi connectivity index (χ3n) is 0.669. The second-order valence-electron chi connectivity index (χ2n) is 1.18. The molecule has 0 aromatic carbocycles. The number of rotatable bonds is 1. The van der Waals surface area contributed by atoms with Gasteiger partial charge in [-0.25, -0.2) is 5.32 Å². The van der Waals surface area contributed by atoms with Gasteiger partial charge in [0.05, 0.1) is 0 Å². The molecule has 0 spiro atoms. The highest BCUT2D eigenvalue weighted by Gasteiger charge is 2.16. The van der Waals surface area contributed by atoms with Crippen LogP contribution in [0, 0.1) is 10.1 Å².